The fourth-order valence-corrected chi connectivity index (χ4v) is 1.37. The maximum atomic E-state index is 11.2. The molecule has 0 aromatic rings. The Morgan fingerprint density at radius 2 is 1.50 bits per heavy atom. The summed E-state index contributed by atoms with van der Waals surface area (Å²) in [6.45, 7) is 1.15. The minimum atomic E-state index is -2.10. The average molecular weight is 296 g/mol. The van der Waals surface area contributed by atoms with E-state index in [4.69, 9.17) is 10.2 Å². The van der Waals surface area contributed by atoms with E-state index in [0.717, 1.165) is 13.8 Å². The molecule has 20 heavy (non-hydrogen) atoms. The molecule has 0 heterocycles. The van der Waals surface area contributed by atoms with Gasteiger partial charge in [0.1, 0.15) is 24.4 Å². The minimum absolute atomic E-state index is 0.355. The van der Waals surface area contributed by atoms with E-state index < -0.39 is 49.1 Å². The zero-order valence-electron chi connectivity index (χ0n) is 11.0. The van der Waals surface area contributed by atoms with Gasteiger partial charge in [0.2, 0.25) is 11.8 Å². The number of nitrogens with one attached hydrogen (secondary N) is 1. The van der Waals surface area contributed by atoms with E-state index in [9.17, 15) is 30.0 Å². The fourth-order valence-electron chi connectivity index (χ4n) is 1.37. The van der Waals surface area contributed by atoms with Crippen molar-refractivity contribution in [2.75, 3.05) is 6.61 Å². The zero-order valence-corrected chi connectivity index (χ0v) is 11.0. The number of hydrazine groups is 1. The van der Waals surface area contributed by atoms with Gasteiger partial charge in [-0.15, -0.1) is 0 Å². The van der Waals surface area contributed by atoms with Gasteiger partial charge in [-0.05, 0) is 0 Å². The molecular weight excluding hydrogens is 276 g/mol. The van der Waals surface area contributed by atoms with Crippen molar-refractivity contribution < 1.29 is 40.2 Å². The summed E-state index contributed by atoms with van der Waals surface area (Å²) in [5, 5.41) is 56.3. The molecule has 0 aliphatic rings. The lowest BCUT2D eigenvalue weighted by molar-refractivity contribution is -0.187. The summed E-state index contributed by atoms with van der Waals surface area (Å²) in [5.74, 6) is -1.55. The van der Waals surface area contributed by atoms with Crippen molar-refractivity contribution in [3.63, 3.8) is 0 Å². The maximum Gasteiger partial charge on any atom is 0.240 e. The quantitative estimate of drug-likeness (QED) is 0.190. The summed E-state index contributed by atoms with van der Waals surface area (Å²) >= 11 is 0. The lowest BCUT2D eigenvalue weighted by Crippen LogP contribution is -2.60. The van der Waals surface area contributed by atoms with Crippen LogP contribution in [-0.4, -0.2) is 84.7 Å². The Labute approximate surface area is 114 Å². The van der Waals surface area contributed by atoms with Crippen molar-refractivity contribution in [1.29, 1.82) is 0 Å². The van der Waals surface area contributed by atoms with E-state index in [0.29, 0.717) is 5.01 Å². The summed E-state index contributed by atoms with van der Waals surface area (Å²) in [6.07, 6.45) is -9.94. The van der Waals surface area contributed by atoms with Gasteiger partial charge in [-0.2, -0.15) is 0 Å². The molecule has 7 N–H and O–H groups in total. The van der Waals surface area contributed by atoms with Crippen LogP contribution in [0, 0.1) is 0 Å². The molecule has 2 amide bonds. The molecule has 0 aliphatic carbocycles. The lowest BCUT2D eigenvalue weighted by atomic mass is 10.0. The molecule has 10 nitrogen and oxygen atoms in total. The van der Waals surface area contributed by atoms with E-state index in [1.165, 1.54) is 0 Å². The van der Waals surface area contributed by atoms with Crippen LogP contribution >= 0.6 is 0 Å². The number of amides is 2. The molecule has 0 saturated heterocycles. The van der Waals surface area contributed by atoms with E-state index in [2.05, 4.69) is 0 Å². The number of hydrogen-bond acceptors (Lipinski definition) is 8. The Morgan fingerprint density at radius 1 is 1.00 bits per heavy atom. The number of carbonyl (C=O) groups is 2. The number of aliphatic hydroxyl groups excluding tert-OH is 6. The van der Waals surface area contributed by atoms with Crippen molar-refractivity contribution >= 4 is 11.8 Å². The van der Waals surface area contributed by atoms with Gasteiger partial charge in [0.15, 0.2) is 6.23 Å². The summed E-state index contributed by atoms with van der Waals surface area (Å²) in [6, 6.07) is 0. The molecule has 0 fully saturated rings. The number of rotatable bonds is 6. The summed E-state index contributed by atoms with van der Waals surface area (Å²) in [7, 11) is 0. The van der Waals surface area contributed by atoms with Crippen LogP contribution in [0.25, 0.3) is 0 Å². The third kappa shape index (κ3) is 5.00. The molecule has 0 rings (SSSR count). The Hall–Kier alpha value is -1.30. The average Bonchev–Trinajstić information content (AvgIpc) is 2.39. The van der Waals surface area contributed by atoms with Crippen LogP contribution in [0.2, 0.25) is 0 Å². The first-order valence-electron chi connectivity index (χ1n) is 5.71. The second-order valence-electron chi connectivity index (χ2n) is 4.19. The van der Waals surface area contributed by atoms with Crippen LogP contribution in [0.1, 0.15) is 13.8 Å². The molecule has 0 saturated carbocycles. The molecule has 118 valence electrons. The van der Waals surface area contributed by atoms with Gasteiger partial charge >= 0.3 is 0 Å². The van der Waals surface area contributed by atoms with Gasteiger partial charge < -0.3 is 30.6 Å². The highest BCUT2D eigenvalue weighted by Crippen LogP contribution is 2.10. The number of hydrogen-bond donors (Lipinski definition) is 7. The summed E-state index contributed by atoms with van der Waals surface area (Å²) in [5.41, 5.74) is 1.93. The predicted octanol–water partition coefficient (Wildman–Crippen LogP) is -4.36. The topological polar surface area (TPSA) is 171 Å². The Kier molecular flexibility index (Phi) is 7.57. The largest absolute Gasteiger partial charge is 0.394 e. The number of nitrogens with zero attached hydrogens (tertiary/aromatic N) is 1. The molecule has 0 bridgehead atoms. The lowest BCUT2D eigenvalue weighted by Gasteiger charge is -2.34. The van der Waals surface area contributed by atoms with Crippen molar-refractivity contribution in [2.24, 2.45) is 0 Å². The smallest absolute Gasteiger partial charge is 0.240 e. The molecule has 0 aromatic heterocycles. The van der Waals surface area contributed by atoms with Crippen molar-refractivity contribution in [2.45, 2.75) is 44.5 Å². The Balaban J connectivity index is 4.91. The van der Waals surface area contributed by atoms with Crippen LogP contribution < -0.4 is 5.43 Å². The van der Waals surface area contributed by atoms with Gasteiger partial charge in [-0.3, -0.25) is 15.0 Å². The fraction of sp³-hybridized carbons (Fsp3) is 0.800. The third-order valence-corrected chi connectivity index (χ3v) is 2.47. The van der Waals surface area contributed by atoms with Gasteiger partial charge in [0.05, 0.1) is 6.61 Å². The molecule has 5 atom stereocenters. The van der Waals surface area contributed by atoms with Crippen molar-refractivity contribution in [3.8, 4) is 0 Å². The van der Waals surface area contributed by atoms with Crippen molar-refractivity contribution in [1.82, 2.24) is 10.4 Å². The van der Waals surface area contributed by atoms with Crippen LogP contribution in [0.15, 0.2) is 0 Å². The highest BCUT2D eigenvalue weighted by atomic mass is 16.4. The van der Waals surface area contributed by atoms with Gasteiger partial charge in [-0.1, -0.05) is 0 Å². The van der Waals surface area contributed by atoms with Crippen LogP contribution in [0.5, 0.6) is 0 Å². The molecule has 0 radical (unpaired) electrons. The standard InChI is InChI=1S/C10H20N2O8/c1-4(14)11-12(5(2)15)10(20)9(19)8(18)7(17)6(16)3-13/h6-10,13,16-20H,3H2,1-2H3,(H,11,14)/t6-,7+,8-,9-,10?/m1/s1. The third-order valence-electron chi connectivity index (χ3n) is 2.47. The summed E-state index contributed by atoms with van der Waals surface area (Å²) in [4.78, 5) is 22.1. The van der Waals surface area contributed by atoms with Crippen LogP contribution in [0.3, 0.4) is 0 Å². The minimum Gasteiger partial charge on any atom is -0.394 e. The van der Waals surface area contributed by atoms with Crippen LogP contribution in [0.4, 0.5) is 0 Å². The SMILES string of the molecule is CC(=O)NN(C(C)=O)C(O)[C@H](O)[C@H](O)[C@@H](O)[C@H](O)CO. The van der Waals surface area contributed by atoms with E-state index >= 15 is 0 Å². The number of carbonyl (C=O) groups excluding carboxylic acids is 2. The van der Waals surface area contributed by atoms with E-state index in [1.807, 2.05) is 5.43 Å². The molecule has 0 spiro atoms. The van der Waals surface area contributed by atoms with E-state index in [1.54, 1.807) is 0 Å². The Morgan fingerprint density at radius 3 is 1.85 bits per heavy atom. The normalized spacial score (nSPS) is 18.6. The molecule has 0 aliphatic heterocycles. The Bertz CT molecular complexity index is 339. The molecule has 1 unspecified atom stereocenters. The molecular formula is C10H20N2O8. The van der Waals surface area contributed by atoms with Crippen LogP contribution in [-0.2, 0) is 9.59 Å². The summed E-state index contributed by atoms with van der Waals surface area (Å²) < 4.78 is 0. The predicted molar refractivity (Wildman–Crippen MR) is 63.5 cm³/mol. The first kappa shape index (κ1) is 18.7. The highest BCUT2D eigenvalue weighted by Gasteiger charge is 2.37. The monoisotopic (exact) mass is 296 g/mol. The first-order valence-corrected chi connectivity index (χ1v) is 5.71. The van der Waals surface area contributed by atoms with Gasteiger partial charge in [-0.25, -0.2) is 5.01 Å². The van der Waals surface area contributed by atoms with Gasteiger partial charge in [0, 0.05) is 13.8 Å². The van der Waals surface area contributed by atoms with E-state index in [-0.39, 0.29) is 0 Å². The zero-order chi connectivity index (χ0) is 16.0. The second-order valence-corrected chi connectivity index (χ2v) is 4.19. The molecule has 10 heteroatoms. The maximum absolute atomic E-state index is 11.2. The van der Waals surface area contributed by atoms with Gasteiger partial charge in [0.25, 0.3) is 0 Å². The molecule has 0 aromatic carbocycles. The second kappa shape index (κ2) is 8.09. The highest BCUT2D eigenvalue weighted by molar-refractivity contribution is 5.79. The first-order chi connectivity index (χ1) is 9.13. The number of aliphatic hydroxyl groups is 6. The van der Waals surface area contributed by atoms with Crippen molar-refractivity contribution in [3.05, 3.63) is 0 Å².